The minimum Gasteiger partial charge on any atom is -0.493 e. The maximum atomic E-state index is 5.44. The van der Waals surface area contributed by atoms with Crippen molar-refractivity contribution in [1.82, 2.24) is 10.1 Å². The number of nitrogens with two attached hydrogens (primary N) is 1. The third-order valence-corrected chi connectivity index (χ3v) is 2.56. The van der Waals surface area contributed by atoms with Crippen LogP contribution in [0.1, 0.15) is 5.82 Å². The molecule has 110 valence electrons. The Morgan fingerprint density at radius 3 is 2.10 bits per heavy atom. The molecule has 2 rings (SSSR count). The summed E-state index contributed by atoms with van der Waals surface area (Å²) in [5.41, 5.74) is 6.11. The van der Waals surface area contributed by atoms with E-state index in [9.17, 15) is 0 Å². The van der Waals surface area contributed by atoms with Crippen molar-refractivity contribution < 1.29 is 18.7 Å². The van der Waals surface area contributed by atoms with E-state index in [4.69, 9.17) is 24.5 Å². The number of benzene rings is 1. The summed E-state index contributed by atoms with van der Waals surface area (Å²) in [4.78, 5) is 4.15. The standard InChI is InChI=1S/C12H15N3O4.ClH/c1-16-8-4-7(5-9(17-2)11(8)18-3)12-14-10(6-13)15-19-12;/h4-5H,6,13H2,1-3H3;1H. The van der Waals surface area contributed by atoms with Crippen LogP contribution < -0.4 is 19.9 Å². The minimum absolute atomic E-state index is 0. The van der Waals surface area contributed by atoms with Gasteiger partial charge in [-0.05, 0) is 12.1 Å². The van der Waals surface area contributed by atoms with Gasteiger partial charge in [-0.2, -0.15) is 4.98 Å². The van der Waals surface area contributed by atoms with Crippen LogP contribution in [0.25, 0.3) is 11.5 Å². The topological polar surface area (TPSA) is 92.6 Å². The third kappa shape index (κ3) is 2.94. The van der Waals surface area contributed by atoms with Crippen LogP contribution in [-0.4, -0.2) is 31.5 Å². The Balaban J connectivity index is 0.00000200. The van der Waals surface area contributed by atoms with E-state index in [0.717, 1.165) is 0 Å². The second-order valence-corrected chi connectivity index (χ2v) is 3.63. The summed E-state index contributed by atoms with van der Waals surface area (Å²) < 4.78 is 20.9. The van der Waals surface area contributed by atoms with Crippen molar-refractivity contribution in [3.05, 3.63) is 18.0 Å². The Labute approximate surface area is 122 Å². The predicted molar refractivity (Wildman–Crippen MR) is 74.5 cm³/mol. The van der Waals surface area contributed by atoms with E-state index in [1.54, 1.807) is 33.5 Å². The van der Waals surface area contributed by atoms with E-state index < -0.39 is 0 Å². The molecule has 0 aliphatic carbocycles. The fraction of sp³-hybridized carbons (Fsp3) is 0.333. The molecule has 2 N–H and O–H groups in total. The summed E-state index contributed by atoms with van der Waals surface area (Å²) >= 11 is 0. The highest BCUT2D eigenvalue weighted by Gasteiger charge is 2.17. The number of aromatic nitrogens is 2. The number of methoxy groups -OCH3 is 3. The lowest BCUT2D eigenvalue weighted by Crippen LogP contribution is -1.98. The van der Waals surface area contributed by atoms with E-state index in [1.807, 2.05) is 0 Å². The summed E-state index contributed by atoms with van der Waals surface area (Å²) in [6, 6.07) is 3.46. The zero-order valence-corrected chi connectivity index (χ0v) is 12.2. The summed E-state index contributed by atoms with van der Waals surface area (Å²) in [6.45, 7) is 0.216. The lowest BCUT2D eigenvalue weighted by Gasteiger charge is -2.12. The van der Waals surface area contributed by atoms with Crippen LogP contribution in [0.2, 0.25) is 0 Å². The maximum Gasteiger partial charge on any atom is 0.258 e. The van der Waals surface area contributed by atoms with E-state index >= 15 is 0 Å². The monoisotopic (exact) mass is 301 g/mol. The molecule has 2 aromatic rings. The molecule has 0 amide bonds. The third-order valence-electron chi connectivity index (χ3n) is 2.56. The van der Waals surface area contributed by atoms with Crippen LogP contribution in [0.3, 0.4) is 0 Å². The van der Waals surface area contributed by atoms with E-state index in [0.29, 0.717) is 34.5 Å². The molecular weight excluding hydrogens is 286 g/mol. The lowest BCUT2D eigenvalue weighted by atomic mass is 10.2. The molecule has 0 saturated heterocycles. The average molecular weight is 302 g/mol. The summed E-state index contributed by atoms with van der Waals surface area (Å²) in [7, 11) is 4.62. The van der Waals surface area contributed by atoms with E-state index in [-0.39, 0.29) is 19.0 Å². The highest BCUT2D eigenvalue weighted by molar-refractivity contribution is 5.85. The first-order valence-electron chi connectivity index (χ1n) is 5.56. The van der Waals surface area contributed by atoms with Crippen molar-refractivity contribution >= 4 is 12.4 Å². The highest BCUT2D eigenvalue weighted by atomic mass is 35.5. The number of rotatable bonds is 5. The van der Waals surface area contributed by atoms with Crippen molar-refractivity contribution in [1.29, 1.82) is 0 Å². The van der Waals surface area contributed by atoms with Crippen LogP contribution >= 0.6 is 12.4 Å². The molecule has 0 aliphatic heterocycles. The van der Waals surface area contributed by atoms with Gasteiger partial charge in [0.05, 0.1) is 27.9 Å². The van der Waals surface area contributed by atoms with Gasteiger partial charge in [-0.25, -0.2) is 0 Å². The lowest BCUT2D eigenvalue weighted by molar-refractivity contribution is 0.324. The maximum absolute atomic E-state index is 5.44. The van der Waals surface area contributed by atoms with Crippen LogP contribution in [0.4, 0.5) is 0 Å². The smallest absolute Gasteiger partial charge is 0.258 e. The Morgan fingerprint density at radius 1 is 1.10 bits per heavy atom. The number of ether oxygens (including phenoxy) is 3. The zero-order chi connectivity index (χ0) is 13.8. The molecule has 1 heterocycles. The second-order valence-electron chi connectivity index (χ2n) is 3.63. The number of halogens is 1. The predicted octanol–water partition coefficient (Wildman–Crippen LogP) is 1.64. The van der Waals surface area contributed by atoms with Gasteiger partial charge in [0.1, 0.15) is 0 Å². The van der Waals surface area contributed by atoms with Gasteiger partial charge < -0.3 is 24.5 Å². The van der Waals surface area contributed by atoms with Crippen molar-refractivity contribution in [3.63, 3.8) is 0 Å². The van der Waals surface area contributed by atoms with Crippen LogP contribution in [0.15, 0.2) is 16.7 Å². The van der Waals surface area contributed by atoms with Crippen molar-refractivity contribution in [3.8, 4) is 28.7 Å². The van der Waals surface area contributed by atoms with Gasteiger partial charge in [0.25, 0.3) is 5.89 Å². The molecule has 7 nitrogen and oxygen atoms in total. The first-order chi connectivity index (χ1) is 9.23. The van der Waals surface area contributed by atoms with Crippen LogP contribution in [0.5, 0.6) is 17.2 Å². The summed E-state index contributed by atoms with van der Waals surface area (Å²) in [5, 5.41) is 3.74. The largest absolute Gasteiger partial charge is 0.493 e. The number of nitrogens with zero attached hydrogens (tertiary/aromatic N) is 2. The van der Waals surface area contributed by atoms with E-state index in [2.05, 4.69) is 10.1 Å². The van der Waals surface area contributed by atoms with Gasteiger partial charge in [0.15, 0.2) is 17.3 Å². The summed E-state index contributed by atoms with van der Waals surface area (Å²) in [6.07, 6.45) is 0. The molecule has 0 spiro atoms. The quantitative estimate of drug-likeness (QED) is 0.897. The van der Waals surface area contributed by atoms with Gasteiger partial charge >= 0.3 is 0 Å². The first kappa shape index (κ1) is 16.1. The average Bonchev–Trinajstić information content (AvgIpc) is 2.94. The molecular formula is C12H16ClN3O4. The second kappa shape index (κ2) is 6.97. The molecule has 0 saturated carbocycles. The van der Waals surface area contributed by atoms with Crippen molar-refractivity contribution in [2.75, 3.05) is 21.3 Å². The fourth-order valence-electron chi connectivity index (χ4n) is 1.66. The Morgan fingerprint density at radius 2 is 1.70 bits per heavy atom. The molecule has 20 heavy (non-hydrogen) atoms. The zero-order valence-electron chi connectivity index (χ0n) is 11.4. The van der Waals surface area contributed by atoms with Crippen LogP contribution in [-0.2, 0) is 6.54 Å². The molecule has 1 aromatic heterocycles. The van der Waals surface area contributed by atoms with Gasteiger partial charge in [-0.1, -0.05) is 5.16 Å². The molecule has 0 atom stereocenters. The van der Waals surface area contributed by atoms with Gasteiger partial charge in [-0.15, -0.1) is 12.4 Å². The fourth-order valence-corrected chi connectivity index (χ4v) is 1.66. The summed E-state index contributed by atoms with van der Waals surface area (Å²) in [5.74, 6) is 2.32. The van der Waals surface area contributed by atoms with E-state index in [1.165, 1.54) is 0 Å². The van der Waals surface area contributed by atoms with Crippen molar-refractivity contribution in [2.45, 2.75) is 6.54 Å². The molecule has 1 aromatic carbocycles. The van der Waals surface area contributed by atoms with Crippen LogP contribution in [0, 0.1) is 0 Å². The Bertz CT molecular complexity index is 549. The molecule has 0 aliphatic rings. The van der Waals surface area contributed by atoms with Crippen molar-refractivity contribution in [2.24, 2.45) is 5.73 Å². The minimum atomic E-state index is 0. The first-order valence-corrected chi connectivity index (χ1v) is 5.56. The number of hydrogen-bond acceptors (Lipinski definition) is 7. The molecule has 0 radical (unpaired) electrons. The Kier molecular flexibility index (Phi) is 5.60. The molecule has 8 heteroatoms. The van der Waals surface area contributed by atoms with Gasteiger partial charge in [-0.3, -0.25) is 0 Å². The normalized spacial score (nSPS) is 9.80. The van der Waals surface area contributed by atoms with Gasteiger partial charge in [0, 0.05) is 5.56 Å². The SMILES string of the molecule is COc1cc(-c2nc(CN)no2)cc(OC)c1OC.Cl. The number of hydrogen-bond donors (Lipinski definition) is 1. The molecule has 0 unspecified atom stereocenters. The molecule has 0 fully saturated rings. The highest BCUT2D eigenvalue weighted by Crippen LogP contribution is 2.40. The van der Waals surface area contributed by atoms with Gasteiger partial charge in [0.2, 0.25) is 5.75 Å². The molecule has 0 bridgehead atoms. The Hall–Kier alpha value is -1.99.